The van der Waals surface area contributed by atoms with Crippen molar-refractivity contribution in [1.82, 2.24) is 9.97 Å². The van der Waals surface area contributed by atoms with Crippen LogP contribution in [0.2, 0.25) is 5.15 Å². The predicted molar refractivity (Wildman–Crippen MR) is 107 cm³/mol. The van der Waals surface area contributed by atoms with Gasteiger partial charge in [0.2, 0.25) is 0 Å². The van der Waals surface area contributed by atoms with E-state index < -0.39 is 22.8 Å². The van der Waals surface area contributed by atoms with Crippen LogP contribution in [-0.4, -0.2) is 39.4 Å². The minimum Gasteiger partial charge on any atom is -0.506 e. The second-order valence-electron chi connectivity index (χ2n) is 7.26. The van der Waals surface area contributed by atoms with E-state index in [0.717, 1.165) is 12.8 Å². The highest BCUT2D eigenvalue weighted by Crippen LogP contribution is 2.45. The summed E-state index contributed by atoms with van der Waals surface area (Å²) in [5.74, 6) is -1.78. The standard InChI is InChI=1S/C20H23ClN2O6/c1-4-5-6-28-12-7-11-15(22-18(12)21)16-13(10(8-29-11)9(2)3)17(24)14(20(26)27)19(25)23-16/h7,9-10H,4-6,8H2,1-3H3,(H,26,27)(H2,23,24,25). The maximum absolute atomic E-state index is 12.4. The molecule has 1 unspecified atom stereocenters. The zero-order chi connectivity index (χ0) is 21.3. The Bertz CT molecular complexity index is 1000. The van der Waals surface area contributed by atoms with Gasteiger partial charge < -0.3 is 24.7 Å². The van der Waals surface area contributed by atoms with Crippen LogP contribution in [0, 0.1) is 5.92 Å². The number of halogens is 1. The van der Waals surface area contributed by atoms with Crippen molar-refractivity contribution in [2.75, 3.05) is 13.2 Å². The van der Waals surface area contributed by atoms with E-state index in [-0.39, 0.29) is 40.5 Å². The van der Waals surface area contributed by atoms with Crippen LogP contribution in [0.1, 0.15) is 55.5 Å². The van der Waals surface area contributed by atoms with Gasteiger partial charge in [0.05, 0.1) is 18.9 Å². The molecule has 8 nitrogen and oxygen atoms in total. The Kier molecular flexibility index (Phi) is 6.02. The van der Waals surface area contributed by atoms with Crippen molar-refractivity contribution in [2.24, 2.45) is 5.92 Å². The second-order valence-corrected chi connectivity index (χ2v) is 7.62. The number of ether oxygens (including phenoxy) is 2. The molecule has 29 heavy (non-hydrogen) atoms. The molecule has 0 aliphatic carbocycles. The number of hydrogen-bond donors (Lipinski definition) is 3. The summed E-state index contributed by atoms with van der Waals surface area (Å²) in [6, 6.07) is 1.60. The average molecular weight is 423 g/mol. The number of aromatic hydroxyl groups is 1. The van der Waals surface area contributed by atoms with Crippen molar-refractivity contribution >= 4 is 17.6 Å². The van der Waals surface area contributed by atoms with Crippen LogP contribution in [0.15, 0.2) is 10.9 Å². The molecule has 0 spiro atoms. The smallest absolute Gasteiger partial charge is 0.345 e. The maximum Gasteiger partial charge on any atom is 0.345 e. The molecule has 3 N–H and O–H groups in total. The first-order valence-corrected chi connectivity index (χ1v) is 9.82. The van der Waals surface area contributed by atoms with Crippen LogP contribution in [0.4, 0.5) is 0 Å². The van der Waals surface area contributed by atoms with Gasteiger partial charge in [-0.2, -0.15) is 0 Å². The van der Waals surface area contributed by atoms with Gasteiger partial charge in [0.15, 0.2) is 22.2 Å². The Labute approximate surface area is 172 Å². The summed E-state index contributed by atoms with van der Waals surface area (Å²) in [5, 5.41) is 20.1. The molecule has 0 fully saturated rings. The fourth-order valence-electron chi connectivity index (χ4n) is 3.31. The molecule has 2 aromatic heterocycles. The maximum atomic E-state index is 12.4. The number of rotatable bonds is 6. The number of aromatic carboxylic acids is 1. The lowest BCUT2D eigenvalue weighted by molar-refractivity contribution is 0.0691. The molecule has 3 heterocycles. The number of pyridine rings is 2. The Morgan fingerprint density at radius 3 is 2.83 bits per heavy atom. The third-order valence-electron chi connectivity index (χ3n) is 4.94. The average Bonchev–Trinajstić information content (AvgIpc) is 2.79. The summed E-state index contributed by atoms with van der Waals surface area (Å²) < 4.78 is 11.6. The summed E-state index contributed by atoms with van der Waals surface area (Å²) >= 11 is 6.28. The lowest BCUT2D eigenvalue weighted by Crippen LogP contribution is -2.23. The monoisotopic (exact) mass is 422 g/mol. The molecule has 0 amide bonds. The Morgan fingerprint density at radius 2 is 2.21 bits per heavy atom. The van der Waals surface area contributed by atoms with Gasteiger partial charge in [0, 0.05) is 17.5 Å². The van der Waals surface area contributed by atoms with Crippen molar-refractivity contribution in [3.05, 3.63) is 32.7 Å². The first kappa shape index (κ1) is 21.0. The first-order chi connectivity index (χ1) is 13.8. The number of fused-ring (bicyclic) bond motifs is 3. The normalized spacial score (nSPS) is 15.3. The van der Waals surface area contributed by atoms with Gasteiger partial charge >= 0.3 is 5.97 Å². The quantitative estimate of drug-likeness (QED) is 0.478. The number of H-pyrrole nitrogens is 1. The Balaban J connectivity index is 2.23. The molecule has 1 aliphatic heterocycles. The number of nitrogens with zero attached hydrogens (tertiary/aromatic N) is 1. The lowest BCUT2D eigenvalue weighted by atomic mass is 9.86. The van der Waals surface area contributed by atoms with Crippen molar-refractivity contribution in [3.8, 4) is 28.6 Å². The molecule has 1 atom stereocenters. The van der Waals surface area contributed by atoms with Gasteiger partial charge in [-0.05, 0) is 12.3 Å². The number of aromatic nitrogens is 2. The highest BCUT2D eigenvalue weighted by Gasteiger charge is 2.34. The summed E-state index contributed by atoms with van der Waals surface area (Å²) in [6.45, 7) is 6.51. The number of carboxylic acid groups (broad SMARTS) is 1. The molecule has 1 aliphatic rings. The number of carbonyl (C=O) groups is 1. The molecule has 9 heteroatoms. The highest BCUT2D eigenvalue weighted by atomic mass is 35.5. The van der Waals surface area contributed by atoms with Crippen LogP contribution in [0.5, 0.6) is 17.2 Å². The first-order valence-electron chi connectivity index (χ1n) is 9.45. The van der Waals surface area contributed by atoms with Gasteiger partial charge in [-0.25, -0.2) is 9.78 Å². The molecule has 0 saturated heterocycles. The van der Waals surface area contributed by atoms with E-state index >= 15 is 0 Å². The fourth-order valence-corrected chi connectivity index (χ4v) is 3.50. The van der Waals surface area contributed by atoms with Gasteiger partial charge in [0.1, 0.15) is 11.4 Å². The Hall–Kier alpha value is -2.74. The van der Waals surface area contributed by atoms with Gasteiger partial charge in [-0.1, -0.05) is 38.8 Å². The van der Waals surface area contributed by atoms with Gasteiger partial charge in [0.25, 0.3) is 5.56 Å². The minimum atomic E-state index is -1.51. The number of carboxylic acids is 1. The van der Waals surface area contributed by atoms with Crippen LogP contribution >= 0.6 is 11.6 Å². The zero-order valence-electron chi connectivity index (χ0n) is 16.4. The highest BCUT2D eigenvalue weighted by molar-refractivity contribution is 6.31. The summed E-state index contributed by atoms with van der Waals surface area (Å²) in [5.41, 5.74) is -0.932. The van der Waals surface area contributed by atoms with Crippen molar-refractivity contribution in [1.29, 1.82) is 0 Å². The molecule has 0 saturated carbocycles. The fraction of sp³-hybridized carbons (Fsp3) is 0.450. The van der Waals surface area contributed by atoms with Gasteiger partial charge in [-0.3, -0.25) is 4.79 Å². The largest absolute Gasteiger partial charge is 0.506 e. The topological polar surface area (TPSA) is 122 Å². The Morgan fingerprint density at radius 1 is 1.48 bits per heavy atom. The van der Waals surface area contributed by atoms with E-state index in [9.17, 15) is 19.8 Å². The minimum absolute atomic E-state index is 0.0164. The molecule has 2 aromatic rings. The number of aromatic amines is 1. The van der Waals surface area contributed by atoms with E-state index in [4.69, 9.17) is 21.1 Å². The van der Waals surface area contributed by atoms with E-state index in [1.54, 1.807) is 6.07 Å². The predicted octanol–water partition coefficient (Wildman–Crippen LogP) is 3.81. The molecule has 156 valence electrons. The third kappa shape index (κ3) is 3.89. The molecule has 0 radical (unpaired) electrons. The number of nitrogens with one attached hydrogen (secondary N) is 1. The van der Waals surface area contributed by atoms with Crippen molar-refractivity contribution in [2.45, 2.75) is 39.5 Å². The summed E-state index contributed by atoms with van der Waals surface area (Å²) in [4.78, 5) is 30.7. The van der Waals surface area contributed by atoms with E-state index in [2.05, 4.69) is 9.97 Å². The lowest BCUT2D eigenvalue weighted by Gasteiger charge is -2.22. The molecule has 3 rings (SSSR count). The van der Waals surface area contributed by atoms with E-state index in [1.807, 2.05) is 20.8 Å². The number of unbranched alkanes of at least 4 members (excludes halogenated alkanes) is 1. The molecular formula is C20H23ClN2O6. The van der Waals surface area contributed by atoms with Crippen LogP contribution in [-0.2, 0) is 0 Å². The second kappa shape index (κ2) is 8.32. The third-order valence-corrected chi connectivity index (χ3v) is 5.21. The zero-order valence-corrected chi connectivity index (χ0v) is 17.2. The van der Waals surface area contributed by atoms with Crippen LogP contribution in [0.25, 0.3) is 11.4 Å². The van der Waals surface area contributed by atoms with Crippen molar-refractivity contribution in [3.63, 3.8) is 0 Å². The van der Waals surface area contributed by atoms with E-state index in [0.29, 0.717) is 18.1 Å². The summed E-state index contributed by atoms with van der Waals surface area (Å²) in [7, 11) is 0. The van der Waals surface area contributed by atoms with Crippen LogP contribution < -0.4 is 15.0 Å². The molecular weight excluding hydrogens is 400 g/mol. The van der Waals surface area contributed by atoms with Crippen molar-refractivity contribution < 1.29 is 24.5 Å². The molecule has 0 aromatic carbocycles. The summed E-state index contributed by atoms with van der Waals surface area (Å²) in [6.07, 6.45) is 1.81. The SMILES string of the molecule is CCCCOc1cc2c(nc1Cl)-c1[nH]c(=O)c(C(=O)O)c(O)c1C(C(C)C)CO2. The van der Waals surface area contributed by atoms with Crippen LogP contribution in [0.3, 0.4) is 0 Å². The molecule has 0 bridgehead atoms. The van der Waals surface area contributed by atoms with E-state index in [1.165, 1.54) is 0 Å². The number of hydrogen-bond acceptors (Lipinski definition) is 6. The van der Waals surface area contributed by atoms with Gasteiger partial charge in [-0.15, -0.1) is 0 Å².